The minimum absolute atomic E-state index is 0.0696. The Morgan fingerprint density at radius 3 is 2.37 bits per heavy atom. The lowest BCUT2D eigenvalue weighted by Gasteiger charge is -2.42. The number of epoxide rings is 1. The largest absolute Gasteiger partial charge is 0.495 e. The molecule has 2 fully saturated rings. The van der Waals surface area contributed by atoms with E-state index >= 15 is 0 Å². The van der Waals surface area contributed by atoms with E-state index in [1.54, 1.807) is 84.2 Å². The third-order valence-electron chi connectivity index (χ3n) is 15.1. The Kier molecular flexibility index (Phi) is 22.1. The first-order valence-electron chi connectivity index (χ1n) is 27.3. The van der Waals surface area contributed by atoms with E-state index < -0.39 is 95.9 Å². The number of halogens is 1. The fourth-order valence-electron chi connectivity index (χ4n) is 10.3. The Balaban J connectivity index is 1.16. The van der Waals surface area contributed by atoms with Crippen molar-refractivity contribution in [3.8, 4) is 5.75 Å². The molecule has 6 rings (SSSR count). The van der Waals surface area contributed by atoms with Gasteiger partial charge in [-0.25, -0.2) is 9.59 Å². The molecule has 0 spiro atoms. The molecule has 25 heteroatoms. The normalized spacial score (nSPS) is 25.8. The monoisotopic (exact) mass is 1160 g/mol. The second-order valence-electron chi connectivity index (χ2n) is 21.7. The third-order valence-corrected chi connectivity index (χ3v) is 15.5. The van der Waals surface area contributed by atoms with Gasteiger partial charge in [-0.1, -0.05) is 62.6 Å². The Hall–Kier alpha value is -7.09. The zero-order chi connectivity index (χ0) is 60.2. The van der Waals surface area contributed by atoms with E-state index in [0.717, 1.165) is 16.0 Å². The standard InChI is InChI=1S/C57H78ClN9O15/c1-31(2)49(64-44(68)18-11-10-12-24-67-45(69)21-22-46(67)70)52(73)63-38(16-14-23-60-53(59)74)51(72)62-37-20-19-36(26-33(37)4)61-54(75)81-43-29-47(71)66(7)39-27-35(28-40(78-8)48(39)58)25-32(3)15-13-17-42(79-9)57(77)30-41(80-55(76)65-57)34(5)50-56(43,6)82-50/h13,15,17,19-22,26-28,31,34,38,41-43,49-50,54,61,75,77H,10-12,14,16,18,23-25,29-30H2,1-9H3,(H,62,72)(H,63,73)(H,64,68)(H,65,76)(H3,59,60,74)/b17-13+,32-15+/t34-,38+,41+,42-,43+,49+,50+,54?,56+,57+/m1/s1. The number of allylic oxidation sites excluding steroid dienone is 3. The van der Waals surface area contributed by atoms with Gasteiger partial charge in [-0.3, -0.25) is 39.0 Å². The van der Waals surface area contributed by atoms with E-state index in [9.17, 15) is 48.6 Å². The smallest absolute Gasteiger partial charge is 0.409 e. The van der Waals surface area contributed by atoms with Gasteiger partial charge in [-0.2, -0.15) is 0 Å². The van der Waals surface area contributed by atoms with Gasteiger partial charge >= 0.3 is 12.1 Å². The van der Waals surface area contributed by atoms with Gasteiger partial charge in [0.2, 0.25) is 30.0 Å². The molecule has 448 valence electrons. The van der Waals surface area contributed by atoms with E-state index in [1.165, 1.54) is 31.3 Å². The van der Waals surface area contributed by atoms with E-state index in [4.69, 9.17) is 41.0 Å². The maximum absolute atomic E-state index is 14.5. The van der Waals surface area contributed by atoms with Crippen LogP contribution >= 0.6 is 11.6 Å². The minimum Gasteiger partial charge on any atom is -0.495 e. The number of nitrogens with two attached hydrogens (primary N) is 1. The molecule has 4 bridgehead atoms. The first-order valence-corrected chi connectivity index (χ1v) is 27.7. The summed E-state index contributed by atoms with van der Waals surface area (Å²) in [4.78, 5) is 106. The highest BCUT2D eigenvalue weighted by molar-refractivity contribution is 6.35. The Bertz CT molecular complexity index is 2790. The van der Waals surface area contributed by atoms with Gasteiger partial charge in [0.05, 0.1) is 25.3 Å². The van der Waals surface area contributed by atoms with Crippen molar-refractivity contribution in [3.63, 3.8) is 0 Å². The first kappa shape index (κ1) is 64.1. The van der Waals surface area contributed by atoms with E-state index in [1.807, 2.05) is 13.0 Å². The fraction of sp³-hybridized carbons (Fsp3) is 0.544. The second kappa shape index (κ2) is 28.3. The summed E-state index contributed by atoms with van der Waals surface area (Å²) in [6, 6.07) is 5.39. The SMILES string of the molecule is COc1cc2cc(c1Cl)N(C)C(=O)C[C@H](OC(O)Nc1ccc(NC(=O)[C@H](CCCNC(N)=O)NC(=O)[C@@H](NC(=O)CCCCCN3C(=O)C=CC3=O)C(C)C)c(C)c1)[C@]1(C)O[C@H]1[C@H](C)[C@@H]1C[C@@](O)(NC(=O)O1)[C@H](OC)/C=C/C=C(\C)C2. The van der Waals surface area contributed by atoms with Crippen molar-refractivity contribution >= 4 is 76.2 Å². The summed E-state index contributed by atoms with van der Waals surface area (Å²) < 4.78 is 29.7. The quantitative estimate of drug-likeness (QED) is 0.0343. The number of imide groups is 1. The average Bonchev–Trinajstić information content (AvgIpc) is 2.70. The van der Waals surface area contributed by atoms with Gasteiger partial charge < -0.3 is 71.1 Å². The number of fused-ring (bicyclic) bond motifs is 5. The number of alkyl carbamates (subject to hydrolysis) is 1. The number of rotatable bonds is 22. The highest BCUT2D eigenvalue weighted by Gasteiger charge is 2.64. The summed E-state index contributed by atoms with van der Waals surface area (Å²) in [6.45, 7) is 10.9. The Morgan fingerprint density at radius 1 is 0.988 bits per heavy atom. The number of ether oxygens (including phenoxy) is 5. The van der Waals surface area contributed by atoms with Crippen molar-refractivity contribution in [1.82, 2.24) is 26.2 Å². The van der Waals surface area contributed by atoms with Crippen molar-refractivity contribution in [2.45, 2.75) is 154 Å². The molecule has 0 aromatic heterocycles. The Labute approximate surface area is 482 Å². The van der Waals surface area contributed by atoms with Crippen LogP contribution in [0, 0.1) is 18.8 Å². The number of carbonyl (C=O) groups excluding carboxylic acids is 8. The molecule has 0 aliphatic carbocycles. The minimum atomic E-state index is -1.88. The number of methoxy groups -OCH3 is 2. The number of hydrogen-bond donors (Lipinski definition) is 9. The molecule has 9 amide bonds. The lowest BCUT2D eigenvalue weighted by atomic mass is 9.83. The third kappa shape index (κ3) is 16.6. The Morgan fingerprint density at radius 2 is 1.71 bits per heavy atom. The van der Waals surface area contributed by atoms with Gasteiger partial charge in [0.1, 0.15) is 46.8 Å². The number of hydrogen-bond acceptors (Lipinski definition) is 16. The lowest BCUT2D eigenvalue weighted by molar-refractivity contribution is -0.148. The van der Waals surface area contributed by atoms with Crippen LogP contribution in [0.1, 0.15) is 97.1 Å². The average molecular weight is 1160 g/mol. The van der Waals surface area contributed by atoms with Gasteiger partial charge in [-0.05, 0) is 100 Å². The summed E-state index contributed by atoms with van der Waals surface area (Å²) in [7, 11) is 4.44. The van der Waals surface area contributed by atoms with E-state index in [0.29, 0.717) is 54.1 Å². The van der Waals surface area contributed by atoms with Crippen LogP contribution in [0.3, 0.4) is 0 Å². The molecule has 0 radical (unpaired) electrons. The van der Waals surface area contributed by atoms with Gasteiger partial charge in [0.15, 0.2) is 5.72 Å². The molecule has 4 aliphatic heterocycles. The molecule has 82 heavy (non-hydrogen) atoms. The summed E-state index contributed by atoms with van der Waals surface area (Å²) in [5, 5.41) is 40.0. The molecular weight excluding hydrogens is 1090 g/mol. The van der Waals surface area contributed by atoms with Crippen LogP contribution in [0.4, 0.5) is 26.7 Å². The molecule has 2 aromatic carbocycles. The molecule has 2 aromatic rings. The van der Waals surface area contributed by atoms with Crippen LogP contribution in [0.5, 0.6) is 5.75 Å². The van der Waals surface area contributed by atoms with Crippen molar-refractivity contribution in [1.29, 1.82) is 0 Å². The van der Waals surface area contributed by atoms with E-state index in [2.05, 4.69) is 31.9 Å². The van der Waals surface area contributed by atoms with E-state index in [-0.39, 0.29) is 67.9 Å². The highest BCUT2D eigenvalue weighted by Crippen LogP contribution is 2.49. The van der Waals surface area contributed by atoms with Crippen molar-refractivity contribution < 1.29 is 72.3 Å². The van der Waals surface area contributed by atoms with Crippen LogP contribution in [-0.2, 0) is 54.1 Å². The van der Waals surface area contributed by atoms with Gasteiger partial charge in [0.25, 0.3) is 11.8 Å². The highest BCUT2D eigenvalue weighted by atomic mass is 35.5. The number of carbonyl (C=O) groups is 8. The van der Waals surface area contributed by atoms with Crippen molar-refractivity contribution in [2.24, 2.45) is 17.6 Å². The molecule has 10 N–H and O–H groups in total. The molecule has 1 unspecified atom stereocenters. The number of unbranched alkanes of at least 4 members (excludes halogenated alkanes) is 2. The zero-order valence-corrected chi connectivity index (χ0v) is 48.6. The maximum Gasteiger partial charge on any atom is 0.409 e. The van der Waals surface area contributed by atoms with Gasteiger partial charge in [0, 0.05) is 69.5 Å². The van der Waals surface area contributed by atoms with Crippen LogP contribution in [0.2, 0.25) is 5.02 Å². The number of aliphatic hydroxyl groups excluding tert-OH is 1. The number of benzene rings is 2. The van der Waals surface area contributed by atoms with Gasteiger partial charge in [-0.15, -0.1) is 0 Å². The molecule has 10 atom stereocenters. The lowest BCUT2D eigenvalue weighted by Crippen LogP contribution is -2.63. The number of anilines is 3. The topological polar surface area (TPSA) is 331 Å². The molecular formula is C57H78ClN9O15. The number of primary amides is 1. The fourth-order valence-corrected chi connectivity index (χ4v) is 10.6. The maximum atomic E-state index is 14.5. The number of amides is 9. The van der Waals surface area contributed by atoms with Crippen LogP contribution in [-0.4, -0.2) is 151 Å². The van der Waals surface area contributed by atoms with Crippen LogP contribution < -0.4 is 47.3 Å². The summed E-state index contributed by atoms with van der Waals surface area (Å²) in [5.41, 5.74) is 5.32. The second-order valence-corrected chi connectivity index (χ2v) is 22.1. The molecule has 4 heterocycles. The summed E-state index contributed by atoms with van der Waals surface area (Å²) in [6.07, 6.45) is 3.07. The van der Waals surface area contributed by atoms with Crippen molar-refractivity contribution in [2.75, 3.05) is 49.9 Å². The predicted molar refractivity (Wildman–Crippen MR) is 303 cm³/mol. The molecule has 4 aliphatic rings. The number of aryl methyl sites for hydroxylation is 1. The number of nitrogens with one attached hydrogen (secondary N) is 6. The zero-order valence-electron chi connectivity index (χ0n) is 47.8. The molecule has 0 saturated carbocycles. The van der Waals surface area contributed by atoms with Crippen LogP contribution in [0.25, 0.3) is 0 Å². The summed E-state index contributed by atoms with van der Waals surface area (Å²) in [5.74, 6) is -3.46. The van der Waals surface area contributed by atoms with Crippen LogP contribution in [0.15, 0.2) is 66.3 Å². The number of urea groups is 1. The first-order chi connectivity index (χ1) is 38.8. The molecule has 2 saturated heterocycles. The predicted octanol–water partition coefficient (Wildman–Crippen LogP) is 4.34. The summed E-state index contributed by atoms with van der Waals surface area (Å²) >= 11 is 6.85. The molecule has 24 nitrogen and oxygen atoms in total. The van der Waals surface area contributed by atoms with Crippen molar-refractivity contribution in [3.05, 3.63) is 82.4 Å². The number of aliphatic hydroxyl groups is 2. The number of nitrogens with zero attached hydrogens (tertiary/aromatic N) is 2.